The normalized spacial score (nSPS) is 10.4. The Balaban J connectivity index is 2.28. The van der Waals surface area contributed by atoms with E-state index in [0.717, 1.165) is 0 Å². The van der Waals surface area contributed by atoms with Gasteiger partial charge in [-0.2, -0.15) is 0 Å². The minimum atomic E-state index is -0.129. The van der Waals surface area contributed by atoms with Gasteiger partial charge in [0, 0.05) is 29.4 Å². The van der Waals surface area contributed by atoms with Crippen molar-refractivity contribution >= 4 is 40.6 Å². The Kier molecular flexibility index (Phi) is 4.23. The van der Waals surface area contributed by atoms with E-state index in [9.17, 15) is 4.79 Å². The lowest BCUT2D eigenvalue weighted by Crippen LogP contribution is -2.05. The van der Waals surface area contributed by atoms with Crippen LogP contribution >= 0.6 is 34.8 Å². The number of pyridine rings is 1. The highest BCUT2D eigenvalue weighted by Gasteiger charge is 2.13. The molecule has 0 amide bonds. The van der Waals surface area contributed by atoms with E-state index in [-0.39, 0.29) is 12.2 Å². The molecule has 1 heterocycles. The van der Waals surface area contributed by atoms with E-state index in [1.54, 1.807) is 30.5 Å². The van der Waals surface area contributed by atoms with Crippen LogP contribution in [0, 0.1) is 0 Å². The highest BCUT2D eigenvalue weighted by molar-refractivity contribution is 6.36. The Labute approximate surface area is 120 Å². The maximum atomic E-state index is 12.1. The molecule has 0 aliphatic heterocycles. The van der Waals surface area contributed by atoms with Crippen LogP contribution in [-0.4, -0.2) is 10.8 Å². The second-order valence-electron chi connectivity index (χ2n) is 3.69. The lowest BCUT2D eigenvalue weighted by Gasteiger charge is -2.05. The molecule has 5 heteroatoms. The van der Waals surface area contributed by atoms with Crippen molar-refractivity contribution in [3.8, 4) is 0 Å². The average molecular weight is 301 g/mol. The van der Waals surface area contributed by atoms with E-state index in [4.69, 9.17) is 34.8 Å². The van der Waals surface area contributed by atoms with Crippen LogP contribution in [0.4, 0.5) is 0 Å². The van der Waals surface area contributed by atoms with Gasteiger partial charge in [0.2, 0.25) is 0 Å². The summed E-state index contributed by atoms with van der Waals surface area (Å²) in [4.78, 5) is 16.0. The first-order valence-corrected chi connectivity index (χ1v) is 6.28. The molecule has 2 nitrogen and oxygen atoms in total. The van der Waals surface area contributed by atoms with E-state index in [0.29, 0.717) is 26.2 Å². The fourth-order valence-corrected chi connectivity index (χ4v) is 2.11. The molecule has 0 aliphatic rings. The number of rotatable bonds is 3. The number of ketones is 1. The van der Waals surface area contributed by atoms with Gasteiger partial charge in [-0.1, -0.05) is 34.8 Å². The topological polar surface area (TPSA) is 30.0 Å². The van der Waals surface area contributed by atoms with Crippen LogP contribution in [0.25, 0.3) is 0 Å². The van der Waals surface area contributed by atoms with Gasteiger partial charge in [0.15, 0.2) is 5.78 Å². The summed E-state index contributed by atoms with van der Waals surface area (Å²) in [5.41, 5.74) is 1.12. The van der Waals surface area contributed by atoms with Crippen LogP contribution in [0.15, 0.2) is 36.7 Å². The number of carbonyl (C=O) groups is 1. The van der Waals surface area contributed by atoms with Crippen molar-refractivity contribution in [1.82, 2.24) is 4.98 Å². The molecule has 2 aromatic rings. The van der Waals surface area contributed by atoms with Crippen molar-refractivity contribution in [2.75, 3.05) is 0 Å². The fraction of sp³-hybridized carbons (Fsp3) is 0.0769. The van der Waals surface area contributed by atoms with Gasteiger partial charge in [-0.05, 0) is 29.8 Å². The van der Waals surface area contributed by atoms with Crippen molar-refractivity contribution in [2.45, 2.75) is 6.42 Å². The molecule has 0 fully saturated rings. The number of nitrogens with zero attached hydrogens (tertiary/aromatic N) is 1. The molecule has 0 unspecified atom stereocenters. The highest BCUT2D eigenvalue weighted by atomic mass is 35.5. The maximum Gasteiger partial charge on any atom is 0.168 e. The number of aromatic nitrogens is 1. The van der Waals surface area contributed by atoms with E-state index in [1.807, 2.05) is 0 Å². The van der Waals surface area contributed by atoms with Crippen molar-refractivity contribution in [3.05, 3.63) is 62.9 Å². The summed E-state index contributed by atoms with van der Waals surface area (Å²) >= 11 is 17.8. The summed E-state index contributed by atoms with van der Waals surface area (Å²) in [6.07, 6.45) is 3.26. The number of benzene rings is 1. The zero-order valence-electron chi connectivity index (χ0n) is 9.16. The summed E-state index contributed by atoms with van der Waals surface area (Å²) in [5.74, 6) is -0.129. The Morgan fingerprint density at radius 2 is 1.89 bits per heavy atom. The quantitative estimate of drug-likeness (QED) is 0.783. The number of halogens is 3. The van der Waals surface area contributed by atoms with Crippen LogP contribution in [0.1, 0.15) is 15.9 Å². The Morgan fingerprint density at radius 1 is 1.11 bits per heavy atom. The first-order chi connectivity index (χ1) is 8.58. The molecule has 18 heavy (non-hydrogen) atoms. The van der Waals surface area contributed by atoms with Crippen molar-refractivity contribution in [1.29, 1.82) is 0 Å². The van der Waals surface area contributed by atoms with Gasteiger partial charge in [-0.3, -0.25) is 9.78 Å². The predicted octanol–water partition coefficient (Wildman–Crippen LogP) is 4.47. The highest BCUT2D eigenvalue weighted by Crippen LogP contribution is 2.23. The predicted molar refractivity (Wildman–Crippen MR) is 73.7 cm³/mol. The number of hydrogen-bond acceptors (Lipinski definition) is 2. The SMILES string of the molecule is O=C(Cc1ccncc1Cl)c1cc(Cl)ccc1Cl. The molecule has 0 bridgehead atoms. The molecule has 0 radical (unpaired) electrons. The first kappa shape index (κ1) is 13.3. The molecule has 1 aromatic carbocycles. The second kappa shape index (κ2) is 5.70. The Hall–Kier alpha value is -1.09. The van der Waals surface area contributed by atoms with Crippen LogP contribution in [0.3, 0.4) is 0 Å². The third kappa shape index (κ3) is 3.02. The molecule has 1 aromatic heterocycles. The Morgan fingerprint density at radius 3 is 2.61 bits per heavy atom. The summed E-state index contributed by atoms with van der Waals surface area (Å²) in [5, 5.41) is 1.32. The van der Waals surface area contributed by atoms with Gasteiger partial charge in [0.25, 0.3) is 0 Å². The number of carbonyl (C=O) groups excluding carboxylic acids is 1. The molecule has 0 spiro atoms. The average Bonchev–Trinajstić information content (AvgIpc) is 2.35. The zero-order valence-corrected chi connectivity index (χ0v) is 11.4. The lowest BCUT2D eigenvalue weighted by molar-refractivity contribution is 0.0993. The lowest BCUT2D eigenvalue weighted by atomic mass is 10.0. The minimum Gasteiger partial charge on any atom is -0.294 e. The molecular formula is C13H8Cl3NO. The van der Waals surface area contributed by atoms with Gasteiger partial charge in [-0.25, -0.2) is 0 Å². The smallest absolute Gasteiger partial charge is 0.168 e. The summed E-state index contributed by atoms with van der Waals surface area (Å²) in [7, 11) is 0. The standard InChI is InChI=1S/C13H8Cl3NO/c14-9-1-2-11(15)10(6-9)13(18)5-8-3-4-17-7-12(8)16/h1-4,6-7H,5H2. The molecular weight excluding hydrogens is 293 g/mol. The van der Waals surface area contributed by atoms with Crippen LogP contribution < -0.4 is 0 Å². The summed E-state index contributed by atoms with van der Waals surface area (Å²) in [6.45, 7) is 0. The van der Waals surface area contributed by atoms with Gasteiger partial charge in [0.1, 0.15) is 0 Å². The van der Waals surface area contributed by atoms with Gasteiger partial charge in [-0.15, -0.1) is 0 Å². The monoisotopic (exact) mass is 299 g/mol. The van der Waals surface area contributed by atoms with Crippen LogP contribution in [-0.2, 0) is 6.42 Å². The van der Waals surface area contributed by atoms with Crippen LogP contribution in [0.2, 0.25) is 15.1 Å². The van der Waals surface area contributed by atoms with Crippen molar-refractivity contribution in [2.24, 2.45) is 0 Å². The molecule has 0 atom stereocenters. The molecule has 92 valence electrons. The summed E-state index contributed by atoms with van der Waals surface area (Å²) < 4.78 is 0. The van der Waals surface area contributed by atoms with E-state index >= 15 is 0 Å². The molecule has 0 saturated heterocycles. The van der Waals surface area contributed by atoms with Gasteiger partial charge in [0.05, 0.1) is 10.0 Å². The molecule has 2 rings (SSSR count). The molecule has 0 saturated carbocycles. The molecule has 0 N–H and O–H groups in total. The fourth-order valence-electron chi connectivity index (χ4n) is 1.53. The number of Topliss-reactive ketones (excluding diaryl/α,β-unsaturated/α-hetero) is 1. The van der Waals surface area contributed by atoms with E-state index in [1.165, 1.54) is 6.20 Å². The largest absolute Gasteiger partial charge is 0.294 e. The van der Waals surface area contributed by atoms with Crippen molar-refractivity contribution < 1.29 is 4.79 Å². The van der Waals surface area contributed by atoms with Gasteiger partial charge < -0.3 is 0 Å². The van der Waals surface area contributed by atoms with Crippen molar-refractivity contribution in [3.63, 3.8) is 0 Å². The van der Waals surface area contributed by atoms with E-state index in [2.05, 4.69) is 4.98 Å². The number of hydrogen-bond donors (Lipinski definition) is 0. The second-order valence-corrected chi connectivity index (χ2v) is 4.94. The van der Waals surface area contributed by atoms with Crippen LogP contribution in [0.5, 0.6) is 0 Å². The summed E-state index contributed by atoms with van der Waals surface area (Å²) in [6, 6.07) is 6.51. The van der Waals surface area contributed by atoms with Gasteiger partial charge >= 0.3 is 0 Å². The first-order valence-electron chi connectivity index (χ1n) is 5.14. The third-order valence-electron chi connectivity index (χ3n) is 2.44. The molecule has 0 aliphatic carbocycles. The Bertz CT molecular complexity index is 599. The maximum absolute atomic E-state index is 12.1. The van der Waals surface area contributed by atoms with E-state index < -0.39 is 0 Å². The minimum absolute atomic E-state index is 0.129. The third-order valence-corrected chi connectivity index (χ3v) is 3.34. The zero-order chi connectivity index (χ0) is 13.1.